The highest BCUT2D eigenvalue weighted by Crippen LogP contribution is 2.26. The zero-order chi connectivity index (χ0) is 30.6. The molecule has 10 nitrogen and oxygen atoms in total. The van der Waals surface area contributed by atoms with E-state index in [1.165, 1.54) is 11.1 Å². The number of ether oxygens (including phenoxy) is 1. The van der Waals surface area contributed by atoms with Crippen LogP contribution in [-0.2, 0) is 22.6 Å². The number of allylic oxidation sites excluding steroid dienone is 2. The summed E-state index contributed by atoms with van der Waals surface area (Å²) in [5, 5.41) is 21.5. The van der Waals surface area contributed by atoms with Gasteiger partial charge >= 0.3 is 6.09 Å². The molecule has 0 saturated heterocycles. The van der Waals surface area contributed by atoms with Gasteiger partial charge in [0.25, 0.3) is 5.91 Å². The first-order chi connectivity index (χ1) is 20.1. The molecule has 1 aliphatic rings. The maximum atomic E-state index is 13.7. The highest BCUT2D eigenvalue weighted by Gasteiger charge is 2.27. The Labute approximate surface area is 249 Å². The Morgan fingerprint density at radius 2 is 1.79 bits per heavy atom. The van der Waals surface area contributed by atoms with Crippen LogP contribution in [0.1, 0.15) is 43.0 Å². The third-order valence-corrected chi connectivity index (χ3v) is 6.97. The third kappa shape index (κ3) is 9.19. The maximum Gasteiger partial charge on any atom is 0.413 e. The molecule has 0 atom stereocenters. The summed E-state index contributed by atoms with van der Waals surface area (Å²) < 4.78 is 5.16. The van der Waals surface area contributed by atoms with Gasteiger partial charge in [0, 0.05) is 62.8 Å². The fourth-order valence-electron chi connectivity index (χ4n) is 4.70. The lowest BCUT2D eigenvalue weighted by Crippen LogP contribution is -2.47. The number of nitrogens with one attached hydrogen (secondary N) is 4. The van der Waals surface area contributed by atoms with E-state index in [-0.39, 0.29) is 18.3 Å². The van der Waals surface area contributed by atoms with Crippen LogP contribution in [0.3, 0.4) is 0 Å². The molecule has 3 rings (SSSR count). The number of rotatable bonds is 14. The second kappa shape index (κ2) is 15.7. The first kappa shape index (κ1) is 32.4. The first-order valence-corrected chi connectivity index (χ1v) is 14.4. The van der Waals surface area contributed by atoms with Crippen molar-refractivity contribution in [2.24, 2.45) is 0 Å². The van der Waals surface area contributed by atoms with Crippen LogP contribution in [0.25, 0.3) is 0 Å². The normalized spacial score (nSPS) is 13.0. The lowest BCUT2D eigenvalue weighted by Gasteiger charge is -2.33. The number of carbonyl (C=O) groups is 2. The van der Waals surface area contributed by atoms with E-state index in [9.17, 15) is 9.59 Å². The third-order valence-electron chi connectivity index (χ3n) is 6.97. The summed E-state index contributed by atoms with van der Waals surface area (Å²) >= 11 is 0. The molecule has 0 saturated carbocycles. The van der Waals surface area contributed by atoms with Crippen LogP contribution in [-0.4, -0.2) is 73.7 Å². The molecule has 0 fully saturated rings. The van der Waals surface area contributed by atoms with Crippen LogP contribution < -0.4 is 20.9 Å². The highest BCUT2D eigenvalue weighted by molar-refractivity contribution is 5.99. The number of fused-ring (bicyclic) bond motifs is 1. The molecule has 0 aliphatic carbocycles. The molecular formula is C32H45N7O3. The van der Waals surface area contributed by atoms with Crippen molar-refractivity contribution in [1.82, 2.24) is 26.0 Å². The molecular weight excluding hydrogens is 530 g/mol. The Kier molecular flexibility index (Phi) is 12.1. The fourth-order valence-corrected chi connectivity index (χ4v) is 4.70. The van der Waals surface area contributed by atoms with Gasteiger partial charge in [0.15, 0.2) is 0 Å². The molecule has 226 valence electrons. The maximum absolute atomic E-state index is 13.7. The Hall–Kier alpha value is -4.15. The smallest absolute Gasteiger partial charge is 0.391 e. The van der Waals surface area contributed by atoms with Gasteiger partial charge in [0.05, 0.1) is 13.1 Å². The average molecular weight is 576 g/mol. The SMILES string of the molecule is C=C/C=C(\CN(CC(=O)N(C)N1Cc2ccccc2C1)c1cc(C(=N)OC(=O)NCC)ccc1C)NCCNC(C)C. The number of hydrogen-bond donors (Lipinski definition) is 4. The van der Waals surface area contributed by atoms with Crippen molar-refractivity contribution >= 4 is 23.6 Å². The van der Waals surface area contributed by atoms with E-state index < -0.39 is 6.09 Å². The number of hydrogen-bond acceptors (Lipinski definition) is 8. The van der Waals surface area contributed by atoms with Crippen molar-refractivity contribution in [1.29, 1.82) is 5.41 Å². The number of amides is 2. The lowest BCUT2D eigenvalue weighted by molar-refractivity contribution is -0.145. The van der Waals surface area contributed by atoms with Crippen molar-refractivity contribution in [2.75, 3.05) is 44.7 Å². The predicted octanol–water partition coefficient (Wildman–Crippen LogP) is 3.92. The number of carbonyl (C=O) groups excluding carboxylic acids is 2. The lowest BCUT2D eigenvalue weighted by atomic mass is 10.1. The molecule has 0 unspecified atom stereocenters. The van der Waals surface area contributed by atoms with E-state index in [0.717, 1.165) is 23.5 Å². The number of benzene rings is 2. The molecule has 0 aromatic heterocycles. The number of nitrogens with zero attached hydrogens (tertiary/aromatic N) is 3. The van der Waals surface area contributed by atoms with Crippen LogP contribution >= 0.6 is 0 Å². The van der Waals surface area contributed by atoms with Gasteiger partial charge in [-0.3, -0.25) is 15.2 Å². The Balaban J connectivity index is 1.86. The van der Waals surface area contributed by atoms with Gasteiger partial charge in [0.1, 0.15) is 0 Å². The van der Waals surface area contributed by atoms with E-state index in [2.05, 4.69) is 48.5 Å². The Bertz CT molecular complexity index is 1270. The van der Waals surface area contributed by atoms with Crippen LogP contribution in [0.15, 0.2) is 66.9 Å². The largest absolute Gasteiger partial charge is 0.413 e. The summed E-state index contributed by atoms with van der Waals surface area (Å²) in [4.78, 5) is 27.7. The zero-order valence-corrected chi connectivity index (χ0v) is 25.5. The average Bonchev–Trinajstić information content (AvgIpc) is 3.39. The molecule has 0 radical (unpaired) electrons. The molecule has 2 amide bonds. The number of likely N-dealkylation sites (N-methyl/N-ethyl adjacent to an activating group) is 1. The van der Waals surface area contributed by atoms with Crippen LogP contribution in [0.2, 0.25) is 0 Å². The van der Waals surface area contributed by atoms with E-state index in [4.69, 9.17) is 10.1 Å². The summed E-state index contributed by atoms with van der Waals surface area (Å²) in [5.41, 5.74) is 5.47. The molecule has 1 aliphatic heterocycles. The van der Waals surface area contributed by atoms with Gasteiger partial charge in [-0.25, -0.2) is 9.80 Å². The molecule has 10 heteroatoms. The highest BCUT2D eigenvalue weighted by atomic mass is 16.6. The number of aryl methyl sites for hydroxylation is 1. The second-order valence-electron chi connectivity index (χ2n) is 10.6. The van der Waals surface area contributed by atoms with E-state index >= 15 is 0 Å². The van der Waals surface area contributed by atoms with Crippen LogP contribution in [0, 0.1) is 12.3 Å². The molecule has 0 spiro atoms. The van der Waals surface area contributed by atoms with Crippen LogP contribution in [0.5, 0.6) is 0 Å². The van der Waals surface area contributed by atoms with Gasteiger partial charge in [0.2, 0.25) is 5.90 Å². The van der Waals surface area contributed by atoms with Crippen molar-refractivity contribution in [3.8, 4) is 0 Å². The van der Waals surface area contributed by atoms with Gasteiger partial charge in [-0.2, -0.15) is 0 Å². The van der Waals surface area contributed by atoms with E-state index in [1.54, 1.807) is 30.1 Å². The minimum absolute atomic E-state index is 0.0688. The summed E-state index contributed by atoms with van der Waals surface area (Å²) in [6.07, 6.45) is 2.96. The summed E-state index contributed by atoms with van der Waals surface area (Å²) in [6, 6.07) is 14.0. The summed E-state index contributed by atoms with van der Waals surface area (Å²) in [7, 11) is 1.81. The van der Waals surface area contributed by atoms with E-state index in [0.29, 0.717) is 44.3 Å². The molecule has 2 aromatic rings. The molecule has 1 heterocycles. The minimum atomic E-state index is -0.680. The number of hydrazine groups is 1. The molecule has 2 aromatic carbocycles. The molecule has 0 bridgehead atoms. The van der Waals surface area contributed by atoms with Crippen molar-refractivity contribution in [2.45, 2.75) is 46.8 Å². The monoisotopic (exact) mass is 575 g/mol. The number of alkyl carbamates (subject to hydrolysis) is 1. The minimum Gasteiger partial charge on any atom is -0.391 e. The second-order valence-corrected chi connectivity index (χ2v) is 10.6. The summed E-state index contributed by atoms with van der Waals surface area (Å²) in [6.45, 7) is 15.6. The Morgan fingerprint density at radius 3 is 2.40 bits per heavy atom. The predicted molar refractivity (Wildman–Crippen MR) is 168 cm³/mol. The van der Waals surface area contributed by atoms with Crippen LogP contribution in [0.4, 0.5) is 10.5 Å². The standard InChI is InChI=1S/C32H45N7O3/c1-7-11-28(36-17-16-35-23(3)4)21-38(22-30(40)37(6)39-19-26-12-9-10-13-27(26)20-39)29-18-25(15-14-24(29)5)31(33)42-32(41)34-8-2/h7,9-15,18,23,33,35-36H,1,8,16-17,19-22H2,2-6H3,(H,34,41)/b28-11+,33-31?. The van der Waals surface area contributed by atoms with Gasteiger partial charge in [-0.05, 0) is 48.7 Å². The van der Waals surface area contributed by atoms with Gasteiger partial charge in [-0.1, -0.05) is 56.8 Å². The summed E-state index contributed by atoms with van der Waals surface area (Å²) in [5.74, 6) is -0.333. The zero-order valence-electron chi connectivity index (χ0n) is 25.5. The topological polar surface area (TPSA) is 113 Å². The van der Waals surface area contributed by atoms with Crippen molar-refractivity contribution in [3.63, 3.8) is 0 Å². The van der Waals surface area contributed by atoms with Gasteiger partial charge in [-0.15, -0.1) is 0 Å². The van der Waals surface area contributed by atoms with Gasteiger partial charge < -0.3 is 25.6 Å². The number of anilines is 1. The van der Waals surface area contributed by atoms with E-state index in [1.807, 2.05) is 48.2 Å². The molecule has 42 heavy (non-hydrogen) atoms. The molecule has 4 N–H and O–H groups in total. The van der Waals surface area contributed by atoms with Crippen molar-refractivity contribution < 1.29 is 14.3 Å². The Morgan fingerprint density at radius 1 is 1.10 bits per heavy atom. The van der Waals surface area contributed by atoms with Crippen molar-refractivity contribution in [3.05, 3.63) is 89.1 Å². The first-order valence-electron chi connectivity index (χ1n) is 14.4. The fraction of sp³-hybridized carbons (Fsp3) is 0.406. The quantitative estimate of drug-likeness (QED) is 0.117.